The second-order valence-electron chi connectivity index (χ2n) is 1.51. The van der Waals surface area contributed by atoms with Gasteiger partial charge in [-0.15, -0.1) is 0 Å². The zero-order valence-electron chi connectivity index (χ0n) is 4.70. The van der Waals surface area contributed by atoms with Gasteiger partial charge in [0.25, 0.3) is 0 Å². The molecule has 9 heavy (non-hydrogen) atoms. The van der Waals surface area contributed by atoms with E-state index in [9.17, 15) is 4.79 Å². The monoisotopic (exact) mass is 130 g/mol. The molecule has 0 radical (unpaired) electrons. The van der Waals surface area contributed by atoms with Crippen molar-refractivity contribution in [2.24, 2.45) is 14.1 Å². The van der Waals surface area contributed by atoms with Gasteiger partial charge in [0.15, 0.2) is 0 Å². The van der Waals surface area contributed by atoms with E-state index in [4.69, 9.17) is 0 Å². The highest BCUT2D eigenvalue weighted by atomic mass is 16.2. The van der Waals surface area contributed by atoms with Gasteiger partial charge in [0.1, 0.15) is 0 Å². The van der Waals surface area contributed by atoms with Crippen LogP contribution in [0.5, 0.6) is 0 Å². The Kier molecular flexibility index (Phi) is 2.12. The van der Waals surface area contributed by atoms with Crippen LogP contribution in [0, 0.1) is 0 Å². The summed E-state index contributed by atoms with van der Waals surface area (Å²) in [7, 11) is 3.10. The lowest BCUT2D eigenvalue weighted by Crippen LogP contribution is -2.20. The Morgan fingerprint density at radius 2 is 1.56 bits per heavy atom. The number of aromatic nitrogens is 4. The minimum absolute atomic E-state index is 0. The van der Waals surface area contributed by atoms with Crippen molar-refractivity contribution in [3.8, 4) is 0 Å². The normalized spacial score (nSPS) is 8.67. The van der Waals surface area contributed by atoms with E-state index in [-0.39, 0.29) is 13.1 Å². The van der Waals surface area contributed by atoms with Crippen molar-refractivity contribution in [1.82, 2.24) is 19.8 Å². The standard InChI is InChI=1S/C3H6N4O.CH4/c1-6-3(8)7(2)5-4-6;/h1-2H3;1H4. The quantitative estimate of drug-likeness (QED) is 0.459. The zero-order valence-corrected chi connectivity index (χ0v) is 4.70. The summed E-state index contributed by atoms with van der Waals surface area (Å²) >= 11 is 0. The number of rotatable bonds is 0. The number of nitrogens with zero attached hydrogens (tertiary/aromatic N) is 4. The fourth-order valence-corrected chi connectivity index (χ4v) is 0.406. The molecule has 0 unspecified atom stereocenters. The van der Waals surface area contributed by atoms with Gasteiger partial charge in [-0.05, 0) is 10.4 Å². The molecule has 1 aromatic heterocycles. The van der Waals surface area contributed by atoms with Gasteiger partial charge in [0.2, 0.25) is 0 Å². The number of aryl methyl sites for hydroxylation is 2. The Morgan fingerprint density at radius 1 is 1.22 bits per heavy atom. The summed E-state index contributed by atoms with van der Waals surface area (Å²) in [5.41, 5.74) is -0.204. The molecule has 0 saturated carbocycles. The van der Waals surface area contributed by atoms with E-state index in [0.29, 0.717) is 0 Å². The Hall–Kier alpha value is -1.13. The first-order chi connectivity index (χ1) is 3.72. The molecule has 0 fully saturated rings. The molecule has 1 heterocycles. The van der Waals surface area contributed by atoms with E-state index in [1.165, 1.54) is 9.36 Å². The highest BCUT2D eigenvalue weighted by molar-refractivity contribution is 4.49. The molecule has 0 aliphatic carbocycles. The van der Waals surface area contributed by atoms with Crippen LogP contribution in [0.1, 0.15) is 7.43 Å². The highest BCUT2D eigenvalue weighted by Crippen LogP contribution is 1.56. The van der Waals surface area contributed by atoms with E-state index in [2.05, 4.69) is 10.4 Å². The third-order valence-electron chi connectivity index (χ3n) is 0.862. The van der Waals surface area contributed by atoms with Gasteiger partial charge in [-0.3, -0.25) is 0 Å². The Labute approximate surface area is 52.9 Å². The third-order valence-corrected chi connectivity index (χ3v) is 0.862. The summed E-state index contributed by atoms with van der Waals surface area (Å²) in [6, 6.07) is 0. The third kappa shape index (κ3) is 1.16. The van der Waals surface area contributed by atoms with Crippen molar-refractivity contribution in [3.05, 3.63) is 10.5 Å². The van der Waals surface area contributed by atoms with Gasteiger partial charge in [0, 0.05) is 14.1 Å². The van der Waals surface area contributed by atoms with Gasteiger partial charge in [0.05, 0.1) is 0 Å². The average molecular weight is 130 g/mol. The summed E-state index contributed by atoms with van der Waals surface area (Å²) in [5, 5.41) is 6.87. The molecule has 0 N–H and O–H groups in total. The van der Waals surface area contributed by atoms with Crippen LogP contribution in [0.15, 0.2) is 4.79 Å². The van der Waals surface area contributed by atoms with E-state index in [1.807, 2.05) is 0 Å². The molecule has 1 aromatic rings. The maximum absolute atomic E-state index is 10.6. The second-order valence-corrected chi connectivity index (χ2v) is 1.51. The molecule has 0 aromatic carbocycles. The molecule has 1 rings (SSSR count). The lowest BCUT2D eigenvalue weighted by atomic mass is 11.1. The van der Waals surface area contributed by atoms with Crippen molar-refractivity contribution in [3.63, 3.8) is 0 Å². The molecule has 0 amide bonds. The van der Waals surface area contributed by atoms with Crippen LogP contribution >= 0.6 is 0 Å². The Balaban J connectivity index is 0.000000640. The van der Waals surface area contributed by atoms with Crippen molar-refractivity contribution in [2.45, 2.75) is 7.43 Å². The smallest absolute Gasteiger partial charge is 0.244 e. The molecule has 0 atom stereocenters. The van der Waals surface area contributed by atoms with Crippen molar-refractivity contribution < 1.29 is 0 Å². The van der Waals surface area contributed by atoms with Crippen molar-refractivity contribution in [2.75, 3.05) is 0 Å². The summed E-state index contributed by atoms with van der Waals surface area (Å²) in [4.78, 5) is 10.6. The predicted molar refractivity (Wildman–Crippen MR) is 33.0 cm³/mol. The molecule has 0 bridgehead atoms. The molecular weight excluding hydrogens is 120 g/mol. The van der Waals surface area contributed by atoms with Crippen LogP contribution in [0.4, 0.5) is 0 Å². The number of hydrogen-bond acceptors (Lipinski definition) is 3. The molecule has 0 aliphatic rings. The summed E-state index contributed by atoms with van der Waals surface area (Å²) in [6.45, 7) is 0. The summed E-state index contributed by atoms with van der Waals surface area (Å²) in [6.07, 6.45) is 0. The number of tetrazole rings is 1. The SMILES string of the molecule is C.Cn1nnn(C)c1=O. The van der Waals surface area contributed by atoms with E-state index in [1.54, 1.807) is 14.1 Å². The van der Waals surface area contributed by atoms with Crippen LogP contribution in [0.2, 0.25) is 0 Å². The van der Waals surface area contributed by atoms with Crippen LogP contribution in [0.25, 0.3) is 0 Å². The predicted octanol–water partition coefficient (Wildman–Crippen LogP) is -0.850. The molecule has 0 spiro atoms. The summed E-state index contributed by atoms with van der Waals surface area (Å²) in [5.74, 6) is 0. The topological polar surface area (TPSA) is 52.7 Å². The number of hydrogen-bond donors (Lipinski definition) is 0. The van der Waals surface area contributed by atoms with E-state index >= 15 is 0 Å². The van der Waals surface area contributed by atoms with Crippen LogP contribution < -0.4 is 5.69 Å². The van der Waals surface area contributed by atoms with Gasteiger partial charge < -0.3 is 0 Å². The average Bonchev–Trinajstić information content (AvgIpc) is 1.98. The van der Waals surface area contributed by atoms with Gasteiger partial charge in [-0.25, -0.2) is 4.79 Å². The first-order valence-electron chi connectivity index (χ1n) is 2.15. The molecule has 5 heteroatoms. The minimum Gasteiger partial charge on any atom is -0.244 e. The van der Waals surface area contributed by atoms with Gasteiger partial charge in [-0.2, -0.15) is 9.36 Å². The Bertz CT molecular complexity index is 212. The lowest BCUT2D eigenvalue weighted by Gasteiger charge is -1.76. The van der Waals surface area contributed by atoms with E-state index < -0.39 is 0 Å². The highest BCUT2D eigenvalue weighted by Gasteiger charge is 1.92. The maximum atomic E-state index is 10.6. The van der Waals surface area contributed by atoms with Crippen molar-refractivity contribution >= 4 is 0 Å². The van der Waals surface area contributed by atoms with Crippen LogP contribution in [-0.4, -0.2) is 19.8 Å². The molecule has 52 valence electrons. The second kappa shape index (κ2) is 2.43. The fraction of sp³-hybridized carbons (Fsp3) is 0.750. The first-order valence-corrected chi connectivity index (χ1v) is 2.15. The fourth-order valence-electron chi connectivity index (χ4n) is 0.406. The lowest BCUT2D eigenvalue weighted by molar-refractivity contribution is 0.681. The minimum atomic E-state index is -0.204. The van der Waals surface area contributed by atoms with Crippen molar-refractivity contribution in [1.29, 1.82) is 0 Å². The van der Waals surface area contributed by atoms with Gasteiger partial charge >= 0.3 is 5.69 Å². The van der Waals surface area contributed by atoms with E-state index in [0.717, 1.165) is 0 Å². The zero-order chi connectivity index (χ0) is 6.15. The summed E-state index contributed by atoms with van der Waals surface area (Å²) < 4.78 is 2.33. The molecular formula is C4H10N4O. The van der Waals surface area contributed by atoms with Crippen LogP contribution in [0.3, 0.4) is 0 Å². The molecule has 5 nitrogen and oxygen atoms in total. The maximum Gasteiger partial charge on any atom is 0.363 e. The van der Waals surface area contributed by atoms with Crippen LogP contribution in [-0.2, 0) is 14.1 Å². The van der Waals surface area contributed by atoms with Gasteiger partial charge in [-0.1, -0.05) is 7.43 Å². The largest absolute Gasteiger partial charge is 0.363 e. The molecule has 0 aliphatic heterocycles. The Morgan fingerprint density at radius 3 is 1.67 bits per heavy atom. The molecule has 0 saturated heterocycles. The first kappa shape index (κ1) is 7.87.